The number of rotatable bonds is 2. The zero-order valence-corrected chi connectivity index (χ0v) is 8.71. The Labute approximate surface area is 93.2 Å². The van der Waals surface area contributed by atoms with Crippen molar-refractivity contribution >= 4 is 12.0 Å². The first-order valence-electron chi connectivity index (χ1n) is 5.21. The predicted octanol–water partition coefficient (Wildman–Crippen LogP) is 2.19. The summed E-state index contributed by atoms with van der Waals surface area (Å²) in [6.07, 6.45) is 3.53. The number of benzene rings is 1. The van der Waals surface area contributed by atoms with Gasteiger partial charge in [0.1, 0.15) is 0 Å². The van der Waals surface area contributed by atoms with Gasteiger partial charge < -0.3 is 9.42 Å². The van der Waals surface area contributed by atoms with Crippen LogP contribution in [-0.4, -0.2) is 24.6 Å². The van der Waals surface area contributed by atoms with Gasteiger partial charge in [-0.15, -0.1) is 0 Å². The van der Waals surface area contributed by atoms with Crippen LogP contribution < -0.4 is 4.90 Å². The van der Waals surface area contributed by atoms with Crippen LogP contribution in [0.3, 0.4) is 0 Å². The molecular formula is C12H11N3O. The standard InChI is InChI=1S/C12H11N3O/c1-2-10(12-4-5-14-16-12)8-11(3-1)15-7-6-13-9-15/h1-5,8-9H,6-7H2. The van der Waals surface area contributed by atoms with E-state index in [0.29, 0.717) is 0 Å². The molecule has 1 aliphatic rings. The Morgan fingerprint density at radius 1 is 1.25 bits per heavy atom. The summed E-state index contributed by atoms with van der Waals surface area (Å²) in [5.41, 5.74) is 2.17. The van der Waals surface area contributed by atoms with Gasteiger partial charge in [0.15, 0.2) is 5.76 Å². The number of anilines is 1. The van der Waals surface area contributed by atoms with Gasteiger partial charge in [0.2, 0.25) is 0 Å². The van der Waals surface area contributed by atoms with Crippen molar-refractivity contribution in [2.45, 2.75) is 0 Å². The van der Waals surface area contributed by atoms with E-state index in [1.807, 2.05) is 24.5 Å². The molecule has 0 bridgehead atoms. The quantitative estimate of drug-likeness (QED) is 0.767. The van der Waals surface area contributed by atoms with E-state index in [9.17, 15) is 0 Å². The maximum absolute atomic E-state index is 5.14. The molecule has 2 aromatic rings. The van der Waals surface area contributed by atoms with E-state index in [1.54, 1.807) is 6.20 Å². The van der Waals surface area contributed by atoms with Crippen molar-refractivity contribution in [2.75, 3.05) is 18.0 Å². The first-order valence-corrected chi connectivity index (χ1v) is 5.21. The molecule has 3 rings (SSSR count). The van der Waals surface area contributed by atoms with E-state index in [-0.39, 0.29) is 0 Å². The Bertz CT molecular complexity index is 505. The molecule has 80 valence electrons. The summed E-state index contributed by atoms with van der Waals surface area (Å²) in [7, 11) is 0. The van der Waals surface area contributed by atoms with Gasteiger partial charge in [-0.25, -0.2) is 0 Å². The van der Waals surface area contributed by atoms with Gasteiger partial charge in [0.25, 0.3) is 0 Å². The molecule has 0 saturated heterocycles. The lowest BCUT2D eigenvalue weighted by molar-refractivity contribution is 0.432. The van der Waals surface area contributed by atoms with Crippen molar-refractivity contribution in [2.24, 2.45) is 4.99 Å². The fraction of sp³-hybridized carbons (Fsp3) is 0.167. The van der Waals surface area contributed by atoms with Crippen LogP contribution in [0.2, 0.25) is 0 Å². The van der Waals surface area contributed by atoms with Crippen molar-refractivity contribution in [1.82, 2.24) is 5.16 Å². The fourth-order valence-electron chi connectivity index (χ4n) is 1.78. The van der Waals surface area contributed by atoms with Gasteiger partial charge in [-0.1, -0.05) is 17.3 Å². The molecule has 4 heteroatoms. The smallest absolute Gasteiger partial charge is 0.166 e. The molecule has 1 aliphatic heterocycles. The third-order valence-electron chi connectivity index (χ3n) is 2.59. The summed E-state index contributed by atoms with van der Waals surface area (Å²) in [6.45, 7) is 1.81. The van der Waals surface area contributed by atoms with Crippen LogP contribution in [0.1, 0.15) is 0 Å². The Morgan fingerprint density at radius 3 is 3.00 bits per heavy atom. The fourth-order valence-corrected chi connectivity index (χ4v) is 1.78. The molecule has 1 aromatic carbocycles. The Balaban J connectivity index is 1.96. The number of nitrogens with zero attached hydrogens (tertiary/aromatic N) is 3. The molecule has 2 heterocycles. The van der Waals surface area contributed by atoms with Crippen molar-refractivity contribution in [3.8, 4) is 11.3 Å². The summed E-state index contributed by atoms with van der Waals surface area (Å²) in [6, 6.07) is 10.0. The second-order valence-electron chi connectivity index (χ2n) is 3.64. The van der Waals surface area contributed by atoms with Gasteiger partial charge >= 0.3 is 0 Å². The number of aliphatic imine (C=N–C) groups is 1. The molecule has 0 aliphatic carbocycles. The molecule has 0 N–H and O–H groups in total. The SMILES string of the molecule is C1=NCCN1c1cccc(-c2ccno2)c1. The van der Waals surface area contributed by atoms with Crippen LogP contribution in [0.4, 0.5) is 5.69 Å². The molecule has 0 spiro atoms. The van der Waals surface area contributed by atoms with Crippen LogP contribution in [0.15, 0.2) is 46.0 Å². The van der Waals surface area contributed by atoms with Crippen LogP contribution in [-0.2, 0) is 0 Å². The van der Waals surface area contributed by atoms with Crippen molar-refractivity contribution < 1.29 is 4.52 Å². The number of hydrogen-bond acceptors (Lipinski definition) is 4. The second kappa shape index (κ2) is 3.81. The molecule has 0 saturated carbocycles. The van der Waals surface area contributed by atoms with Gasteiger partial charge in [-0.05, 0) is 12.1 Å². The van der Waals surface area contributed by atoms with Crippen molar-refractivity contribution in [3.63, 3.8) is 0 Å². The molecular weight excluding hydrogens is 202 g/mol. The Morgan fingerprint density at radius 2 is 2.25 bits per heavy atom. The minimum atomic E-state index is 0.790. The molecule has 0 amide bonds. The molecule has 4 nitrogen and oxygen atoms in total. The second-order valence-corrected chi connectivity index (χ2v) is 3.64. The highest BCUT2D eigenvalue weighted by atomic mass is 16.5. The molecule has 1 aromatic heterocycles. The van der Waals surface area contributed by atoms with E-state index < -0.39 is 0 Å². The lowest BCUT2D eigenvalue weighted by Gasteiger charge is -2.14. The molecule has 0 radical (unpaired) electrons. The largest absolute Gasteiger partial charge is 0.356 e. The summed E-state index contributed by atoms with van der Waals surface area (Å²) >= 11 is 0. The number of aromatic nitrogens is 1. The lowest BCUT2D eigenvalue weighted by Crippen LogP contribution is -2.17. The van der Waals surface area contributed by atoms with Crippen LogP contribution in [0.25, 0.3) is 11.3 Å². The minimum Gasteiger partial charge on any atom is -0.356 e. The Kier molecular flexibility index (Phi) is 2.18. The van der Waals surface area contributed by atoms with E-state index in [1.165, 1.54) is 0 Å². The third kappa shape index (κ3) is 1.58. The number of hydrogen-bond donors (Lipinski definition) is 0. The van der Waals surface area contributed by atoms with E-state index in [2.05, 4.69) is 27.2 Å². The monoisotopic (exact) mass is 213 g/mol. The topological polar surface area (TPSA) is 41.6 Å². The first kappa shape index (κ1) is 9.15. The average molecular weight is 213 g/mol. The summed E-state index contributed by atoms with van der Waals surface area (Å²) in [5, 5.41) is 3.71. The summed E-state index contributed by atoms with van der Waals surface area (Å²) in [4.78, 5) is 6.32. The van der Waals surface area contributed by atoms with Gasteiger partial charge in [0.05, 0.1) is 19.1 Å². The highest BCUT2D eigenvalue weighted by Gasteiger charge is 2.09. The maximum Gasteiger partial charge on any atom is 0.166 e. The lowest BCUT2D eigenvalue weighted by atomic mass is 10.1. The molecule has 0 unspecified atom stereocenters. The van der Waals surface area contributed by atoms with Gasteiger partial charge in [0, 0.05) is 23.9 Å². The normalized spacial score (nSPS) is 14.6. The average Bonchev–Trinajstić information content (AvgIpc) is 3.03. The zero-order chi connectivity index (χ0) is 10.8. The summed E-state index contributed by atoms with van der Waals surface area (Å²) < 4.78 is 5.14. The maximum atomic E-state index is 5.14. The summed E-state index contributed by atoms with van der Waals surface area (Å²) in [5.74, 6) is 0.790. The highest BCUT2D eigenvalue weighted by molar-refractivity contribution is 5.82. The van der Waals surface area contributed by atoms with Gasteiger partial charge in [-0.3, -0.25) is 4.99 Å². The van der Waals surface area contributed by atoms with Crippen molar-refractivity contribution in [1.29, 1.82) is 0 Å². The van der Waals surface area contributed by atoms with Crippen LogP contribution in [0, 0.1) is 0 Å². The third-order valence-corrected chi connectivity index (χ3v) is 2.59. The van der Waals surface area contributed by atoms with Crippen molar-refractivity contribution in [3.05, 3.63) is 36.5 Å². The first-order chi connectivity index (χ1) is 7.93. The van der Waals surface area contributed by atoms with Gasteiger partial charge in [-0.2, -0.15) is 0 Å². The van der Waals surface area contributed by atoms with E-state index in [0.717, 1.165) is 30.1 Å². The molecule has 16 heavy (non-hydrogen) atoms. The Hall–Kier alpha value is -2.10. The van der Waals surface area contributed by atoms with E-state index in [4.69, 9.17) is 4.52 Å². The minimum absolute atomic E-state index is 0.790. The molecule has 0 atom stereocenters. The van der Waals surface area contributed by atoms with E-state index >= 15 is 0 Å². The predicted molar refractivity (Wildman–Crippen MR) is 62.6 cm³/mol. The zero-order valence-electron chi connectivity index (χ0n) is 8.71. The van der Waals surface area contributed by atoms with Crippen LogP contribution in [0.5, 0.6) is 0 Å². The highest BCUT2D eigenvalue weighted by Crippen LogP contribution is 2.24. The molecule has 0 fully saturated rings. The van der Waals surface area contributed by atoms with Crippen LogP contribution >= 0.6 is 0 Å².